The molecule has 1 aliphatic rings. The fourth-order valence-electron chi connectivity index (χ4n) is 2.75. The summed E-state index contributed by atoms with van der Waals surface area (Å²) in [5, 5.41) is 3.46. The SMILES string of the molecule is COCCNCC1(COCc2ccccc2)CCOC1C. The fraction of sp³-hybridized carbons (Fsp3) is 0.647. The van der Waals surface area contributed by atoms with Crippen LogP contribution >= 0.6 is 0 Å². The molecule has 0 saturated carbocycles. The number of hydrogen-bond donors (Lipinski definition) is 1. The molecule has 118 valence electrons. The molecule has 1 aromatic rings. The molecule has 1 aromatic carbocycles. The lowest BCUT2D eigenvalue weighted by Gasteiger charge is -2.32. The van der Waals surface area contributed by atoms with Crippen LogP contribution in [0.25, 0.3) is 0 Å². The molecule has 2 rings (SSSR count). The van der Waals surface area contributed by atoms with E-state index in [9.17, 15) is 0 Å². The van der Waals surface area contributed by atoms with E-state index in [0.29, 0.717) is 6.61 Å². The van der Waals surface area contributed by atoms with Crippen LogP contribution in [0, 0.1) is 5.41 Å². The minimum Gasteiger partial charge on any atom is -0.383 e. The third-order valence-corrected chi connectivity index (χ3v) is 4.29. The monoisotopic (exact) mass is 293 g/mol. The topological polar surface area (TPSA) is 39.7 Å². The Balaban J connectivity index is 1.82. The molecule has 2 atom stereocenters. The van der Waals surface area contributed by atoms with Crippen LogP contribution in [0.15, 0.2) is 30.3 Å². The van der Waals surface area contributed by atoms with E-state index in [2.05, 4.69) is 24.4 Å². The second-order valence-electron chi connectivity index (χ2n) is 5.77. The molecule has 1 fully saturated rings. The molecule has 1 heterocycles. The molecule has 4 nitrogen and oxygen atoms in total. The van der Waals surface area contributed by atoms with Crippen molar-refractivity contribution in [2.24, 2.45) is 5.41 Å². The van der Waals surface area contributed by atoms with E-state index in [0.717, 1.165) is 39.3 Å². The average molecular weight is 293 g/mol. The largest absolute Gasteiger partial charge is 0.383 e. The van der Waals surface area contributed by atoms with Crippen molar-refractivity contribution in [2.45, 2.75) is 26.1 Å². The van der Waals surface area contributed by atoms with Gasteiger partial charge in [-0.25, -0.2) is 0 Å². The van der Waals surface area contributed by atoms with Crippen molar-refractivity contribution in [3.05, 3.63) is 35.9 Å². The summed E-state index contributed by atoms with van der Waals surface area (Å²) < 4.78 is 16.8. The van der Waals surface area contributed by atoms with Crippen molar-refractivity contribution in [1.82, 2.24) is 5.32 Å². The van der Waals surface area contributed by atoms with Gasteiger partial charge in [-0.15, -0.1) is 0 Å². The first kappa shape index (κ1) is 16.4. The second-order valence-corrected chi connectivity index (χ2v) is 5.77. The second kappa shape index (κ2) is 8.49. The molecule has 0 spiro atoms. The first-order valence-corrected chi connectivity index (χ1v) is 7.70. The Hall–Kier alpha value is -0.940. The Morgan fingerprint density at radius 3 is 2.81 bits per heavy atom. The van der Waals surface area contributed by atoms with Crippen molar-refractivity contribution < 1.29 is 14.2 Å². The molecule has 0 aliphatic carbocycles. The van der Waals surface area contributed by atoms with Crippen LogP contribution in [0.5, 0.6) is 0 Å². The number of hydrogen-bond acceptors (Lipinski definition) is 4. The van der Waals surface area contributed by atoms with Gasteiger partial charge in [0.25, 0.3) is 0 Å². The van der Waals surface area contributed by atoms with Crippen LogP contribution in [0.2, 0.25) is 0 Å². The van der Waals surface area contributed by atoms with Gasteiger partial charge in [-0.05, 0) is 18.9 Å². The molecular weight excluding hydrogens is 266 g/mol. The highest BCUT2D eigenvalue weighted by Crippen LogP contribution is 2.35. The zero-order valence-corrected chi connectivity index (χ0v) is 13.1. The summed E-state index contributed by atoms with van der Waals surface area (Å²) in [4.78, 5) is 0. The normalized spacial score (nSPS) is 25.3. The lowest BCUT2D eigenvalue weighted by molar-refractivity contribution is -0.0126. The van der Waals surface area contributed by atoms with E-state index in [4.69, 9.17) is 14.2 Å². The van der Waals surface area contributed by atoms with Gasteiger partial charge in [-0.3, -0.25) is 0 Å². The first-order valence-electron chi connectivity index (χ1n) is 7.70. The zero-order chi connectivity index (χ0) is 15.0. The molecule has 1 saturated heterocycles. The Morgan fingerprint density at radius 1 is 1.33 bits per heavy atom. The van der Waals surface area contributed by atoms with Crippen LogP contribution in [0.3, 0.4) is 0 Å². The number of nitrogens with one attached hydrogen (secondary N) is 1. The smallest absolute Gasteiger partial charge is 0.0717 e. The summed E-state index contributed by atoms with van der Waals surface area (Å²) in [5.41, 5.74) is 1.29. The summed E-state index contributed by atoms with van der Waals surface area (Å²) in [7, 11) is 1.72. The van der Waals surface area contributed by atoms with Gasteiger partial charge < -0.3 is 19.5 Å². The van der Waals surface area contributed by atoms with E-state index in [1.54, 1.807) is 7.11 Å². The van der Waals surface area contributed by atoms with E-state index >= 15 is 0 Å². The first-order chi connectivity index (χ1) is 10.3. The molecule has 0 bridgehead atoms. The lowest BCUT2D eigenvalue weighted by Crippen LogP contribution is -2.43. The molecule has 21 heavy (non-hydrogen) atoms. The van der Waals surface area contributed by atoms with E-state index in [1.807, 2.05) is 18.2 Å². The molecule has 1 N–H and O–H groups in total. The van der Waals surface area contributed by atoms with E-state index in [-0.39, 0.29) is 11.5 Å². The van der Waals surface area contributed by atoms with Crippen molar-refractivity contribution in [3.63, 3.8) is 0 Å². The summed E-state index contributed by atoms with van der Waals surface area (Å²) in [6, 6.07) is 10.3. The number of ether oxygens (including phenoxy) is 3. The minimum absolute atomic E-state index is 0.0719. The Bertz CT molecular complexity index is 398. The van der Waals surface area contributed by atoms with Crippen molar-refractivity contribution in [2.75, 3.05) is 40.0 Å². The van der Waals surface area contributed by atoms with Gasteiger partial charge in [0.2, 0.25) is 0 Å². The highest BCUT2D eigenvalue weighted by atomic mass is 16.5. The van der Waals surface area contributed by atoms with Gasteiger partial charge >= 0.3 is 0 Å². The standard InChI is InChI=1S/C17H27NO3/c1-15-17(8-10-21-15,13-18-9-11-19-2)14-20-12-16-6-4-3-5-7-16/h3-7,15,18H,8-14H2,1-2H3. The highest BCUT2D eigenvalue weighted by Gasteiger charge is 2.41. The van der Waals surface area contributed by atoms with Crippen LogP contribution < -0.4 is 5.32 Å². The van der Waals surface area contributed by atoms with Crippen LogP contribution in [0.1, 0.15) is 18.9 Å². The van der Waals surface area contributed by atoms with Crippen LogP contribution in [-0.4, -0.2) is 46.1 Å². The highest BCUT2D eigenvalue weighted by molar-refractivity contribution is 5.13. The maximum Gasteiger partial charge on any atom is 0.0717 e. The molecule has 4 heteroatoms. The Labute approximate surface area is 127 Å². The van der Waals surface area contributed by atoms with Gasteiger partial charge in [-0.2, -0.15) is 0 Å². The third-order valence-electron chi connectivity index (χ3n) is 4.29. The Kier molecular flexibility index (Phi) is 6.64. The fourth-order valence-corrected chi connectivity index (χ4v) is 2.75. The van der Waals surface area contributed by atoms with Crippen LogP contribution in [-0.2, 0) is 20.8 Å². The van der Waals surface area contributed by atoms with Gasteiger partial charge in [0.1, 0.15) is 0 Å². The third kappa shape index (κ3) is 4.78. The molecule has 2 unspecified atom stereocenters. The van der Waals surface area contributed by atoms with Gasteiger partial charge in [-0.1, -0.05) is 30.3 Å². The van der Waals surface area contributed by atoms with Gasteiger partial charge in [0.05, 0.1) is 25.9 Å². The molecule has 0 radical (unpaired) electrons. The summed E-state index contributed by atoms with van der Waals surface area (Å²) in [5.74, 6) is 0. The average Bonchev–Trinajstić information content (AvgIpc) is 2.86. The molecule has 1 aliphatic heterocycles. The van der Waals surface area contributed by atoms with Crippen molar-refractivity contribution in [3.8, 4) is 0 Å². The number of methoxy groups -OCH3 is 1. The summed E-state index contributed by atoms with van der Waals surface area (Å²) in [6.07, 6.45) is 1.27. The summed E-state index contributed by atoms with van der Waals surface area (Å²) in [6.45, 7) is 6.86. The lowest BCUT2D eigenvalue weighted by atomic mass is 9.82. The minimum atomic E-state index is 0.0719. The number of rotatable bonds is 9. The molecule has 0 aromatic heterocycles. The van der Waals surface area contributed by atoms with Crippen LogP contribution in [0.4, 0.5) is 0 Å². The van der Waals surface area contributed by atoms with Crippen molar-refractivity contribution >= 4 is 0 Å². The van der Waals surface area contributed by atoms with Gasteiger partial charge in [0.15, 0.2) is 0 Å². The maximum atomic E-state index is 5.98. The predicted octanol–water partition coefficient (Wildman–Crippen LogP) is 2.23. The zero-order valence-electron chi connectivity index (χ0n) is 13.1. The Morgan fingerprint density at radius 2 is 2.14 bits per heavy atom. The summed E-state index contributed by atoms with van der Waals surface area (Å²) >= 11 is 0. The van der Waals surface area contributed by atoms with E-state index in [1.165, 1.54) is 5.56 Å². The quantitative estimate of drug-likeness (QED) is 0.709. The predicted molar refractivity (Wildman–Crippen MR) is 83.3 cm³/mol. The van der Waals surface area contributed by atoms with Crippen molar-refractivity contribution in [1.29, 1.82) is 0 Å². The maximum absolute atomic E-state index is 5.98. The molecular formula is C17H27NO3. The number of benzene rings is 1. The van der Waals surface area contributed by atoms with E-state index < -0.39 is 0 Å². The molecule has 0 amide bonds. The van der Waals surface area contributed by atoms with Gasteiger partial charge in [0, 0.05) is 32.2 Å².